The molecular formula is C10H19NO. The van der Waals surface area contributed by atoms with Crippen LogP contribution in [0, 0.1) is 11.8 Å². The Morgan fingerprint density at radius 3 is 2.67 bits per heavy atom. The first kappa shape index (κ1) is 8.52. The molecule has 0 radical (unpaired) electrons. The van der Waals surface area contributed by atoms with E-state index in [2.05, 4.69) is 19.2 Å². The summed E-state index contributed by atoms with van der Waals surface area (Å²) in [7, 11) is 0. The van der Waals surface area contributed by atoms with Gasteiger partial charge in [0.15, 0.2) is 0 Å². The summed E-state index contributed by atoms with van der Waals surface area (Å²) in [5, 5.41) is 3.50. The number of ether oxygens (including phenoxy) is 1. The number of piperidine rings is 1. The van der Waals surface area contributed by atoms with E-state index in [-0.39, 0.29) is 0 Å². The van der Waals surface area contributed by atoms with Crippen LogP contribution in [0.3, 0.4) is 0 Å². The lowest BCUT2D eigenvalue weighted by Crippen LogP contribution is -2.30. The summed E-state index contributed by atoms with van der Waals surface area (Å²) in [5.41, 5.74) is 0. The second-order valence-corrected chi connectivity index (χ2v) is 4.54. The fraction of sp³-hybridized carbons (Fsp3) is 1.00. The molecule has 2 heteroatoms. The highest BCUT2D eigenvalue weighted by atomic mass is 16.5. The van der Waals surface area contributed by atoms with Crippen LogP contribution in [-0.4, -0.2) is 25.3 Å². The Bertz CT molecular complexity index is 138. The third-order valence-electron chi connectivity index (χ3n) is 2.97. The largest absolute Gasteiger partial charge is 0.376 e. The maximum Gasteiger partial charge on any atom is 0.0768 e. The summed E-state index contributed by atoms with van der Waals surface area (Å²) in [4.78, 5) is 0. The van der Waals surface area contributed by atoms with Gasteiger partial charge in [-0.3, -0.25) is 0 Å². The van der Waals surface area contributed by atoms with E-state index >= 15 is 0 Å². The second-order valence-electron chi connectivity index (χ2n) is 4.54. The molecule has 0 spiro atoms. The lowest BCUT2D eigenvalue weighted by Gasteiger charge is -2.17. The molecule has 1 aliphatic heterocycles. The second kappa shape index (κ2) is 3.35. The highest BCUT2D eigenvalue weighted by molar-refractivity contribution is 4.98. The van der Waals surface area contributed by atoms with Crippen LogP contribution >= 0.6 is 0 Å². The summed E-state index contributed by atoms with van der Waals surface area (Å²) in [6, 6.07) is 0.675. The van der Waals surface area contributed by atoms with Crippen molar-refractivity contribution in [1.29, 1.82) is 0 Å². The van der Waals surface area contributed by atoms with E-state index in [4.69, 9.17) is 4.74 Å². The monoisotopic (exact) mass is 169 g/mol. The summed E-state index contributed by atoms with van der Waals surface area (Å²) in [6.07, 6.45) is 3.24. The van der Waals surface area contributed by atoms with Crippen LogP contribution in [0.5, 0.6) is 0 Å². The molecule has 2 bridgehead atoms. The number of hydrogen-bond acceptors (Lipinski definition) is 2. The zero-order chi connectivity index (χ0) is 8.55. The van der Waals surface area contributed by atoms with Crippen LogP contribution in [0.1, 0.15) is 26.7 Å². The minimum atomic E-state index is 0.535. The van der Waals surface area contributed by atoms with Crippen LogP contribution in [-0.2, 0) is 4.74 Å². The summed E-state index contributed by atoms with van der Waals surface area (Å²) >= 11 is 0. The molecule has 1 saturated heterocycles. The number of fused-ring (bicyclic) bond motifs is 2. The lowest BCUT2D eigenvalue weighted by molar-refractivity contribution is 0.0219. The van der Waals surface area contributed by atoms with E-state index in [0.717, 1.165) is 12.5 Å². The predicted molar refractivity (Wildman–Crippen MR) is 49.1 cm³/mol. The molecule has 2 rings (SSSR count). The average Bonchev–Trinajstić information content (AvgIpc) is 2.59. The third-order valence-corrected chi connectivity index (χ3v) is 2.97. The lowest BCUT2D eigenvalue weighted by atomic mass is 10.1. The van der Waals surface area contributed by atoms with Gasteiger partial charge in [-0.15, -0.1) is 0 Å². The summed E-state index contributed by atoms with van der Waals surface area (Å²) < 4.78 is 5.89. The number of rotatable bonds is 3. The highest BCUT2D eigenvalue weighted by Crippen LogP contribution is 2.33. The van der Waals surface area contributed by atoms with Crippen molar-refractivity contribution in [2.24, 2.45) is 11.8 Å². The minimum absolute atomic E-state index is 0.535. The van der Waals surface area contributed by atoms with Crippen molar-refractivity contribution in [1.82, 2.24) is 5.32 Å². The molecule has 0 amide bonds. The Morgan fingerprint density at radius 2 is 2.25 bits per heavy atom. The predicted octanol–water partition coefficient (Wildman–Crippen LogP) is 1.41. The maximum absolute atomic E-state index is 5.89. The molecule has 1 heterocycles. The van der Waals surface area contributed by atoms with Crippen molar-refractivity contribution in [2.45, 2.75) is 38.8 Å². The minimum Gasteiger partial charge on any atom is -0.376 e. The molecule has 2 aliphatic rings. The molecule has 12 heavy (non-hydrogen) atoms. The van der Waals surface area contributed by atoms with Crippen LogP contribution in [0.25, 0.3) is 0 Å². The van der Waals surface area contributed by atoms with Gasteiger partial charge in [0.25, 0.3) is 0 Å². The van der Waals surface area contributed by atoms with Crippen LogP contribution in [0.15, 0.2) is 0 Å². The first-order chi connectivity index (χ1) is 5.77. The van der Waals surface area contributed by atoms with Gasteiger partial charge in [0, 0.05) is 19.2 Å². The van der Waals surface area contributed by atoms with Gasteiger partial charge in [-0.1, -0.05) is 13.8 Å². The summed E-state index contributed by atoms with van der Waals surface area (Å²) in [5.74, 6) is 1.48. The van der Waals surface area contributed by atoms with E-state index in [0.29, 0.717) is 18.1 Å². The first-order valence-electron chi connectivity index (χ1n) is 5.12. The zero-order valence-corrected chi connectivity index (χ0v) is 8.05. The maximum atomic E-state index is 5.89. The topological polar surface area (TPSA) is 21.3 Å². The van der Waals surface area contributed by atoms with Crippen LogP contribution in [0.2, 0.25) is 0 Å². The van der Waals surface area contributed by atoms with Gasteiger partial charge in [0.05, 0.1) is 6.10 Å². The van der Waals surface area contributed by atoms with E-state index in [1.807, 2.05) is 0 Å². The normalized spacial score (nSPS) is 39.8. The Balaban J connectivity index is 1.81. The van der Waals surface area contributed by atoms with Gasteiger partial charge < -0.3 is 10.1 Å². The Morgan fingerprint density at radius 1 is 1.42 bits per heavy atom. The Kier molecular flexibility index (Phi) is 2.37. The molecule has 3 atom stereocenters. The first-order valence-corrected chi connectivity index (χ1v) is 5.12. The average molecular weight is 169 g/mol. The molecule has 70 valence electrons. The Labute approximate surface area is 74.7 Å². The standard InChI is InChI=1S/C10H19NO/c1-7(2)6-12-10-8-3-4-9(10)11-5-8/h7-11H,3-6H2,1-2H3/t8-,9+,10-/m0/s1. The van der Waals surface area contributed by atoms with Gasteiger partial charge in [0.1, 0.15) is 0 Å². The van der Waals surface area contributed by atoms with Gasteiger partial charge in [0.2, 0.25) is 0 Å². The van der Waals surface area contributed by atoms with E-state index in [1.165, 1.54) is 19.4 Å². The van der Waals surface area contributed by atoms with Gasteiger partial charge in [-0.05, 0) is 24.7 Å². The molecule has 0 aromatic rings. The molecule has 2 nitrogen and oxygen atoms in total. The van der Waals surface area contributed by atoms with Gasteiger partial charge in [-0.25, -0.2) is 0 Å². The van der Waals surface area contributed by atoms with Crippen molar-refractivity contribution in [3.63, 3.8) is 0 Å². The molecule has 2 fully saturated rings. The SMILES string of the molecule is CC(C)CO[C@H]1[C@H]2CC[C@H]1NC2. The molecule has 1 N–H and O–H groups in total. The van der Waals surface area contributed by atoms with Crippen LogP contribution < -0.4 is 5.32 Å². The van der Waals surface area contributed by atoms with E-state index in [9.17, 15) is 0 Å². The Hall–Kier alpha value is -0.0800. The van der Waals surface area contributed by atoms with Crippen molar-refractivity contribution < 1.29 is 4.74 Å². The number of nitrogens with one attached hydrogen (secondary N) is 1. The molecule has 0 aromatic carbocycles. The molecule has 0 unspecified atom stereocenters. The van der Waals surface area contributed by atoms with Crippen molar-refractivity contribution in [3.8, 4) is 0 Å². The molecule has 1 aliphatic carbocycles. The highest BCUT2D eigenvalue weighted by Gasteiger charge is 2.42. The van der Waals surface area contributed by atoms with E-state index in [1.54, 1.807) is 0 Å². The smallest absolute Gasteiger partial charge is 0.0768 e. The fourth-order valence-electron chi connectivity index (χ4n) is 2.35. The third kappa shape index (κ3) is 1.50. The molecule has 1 saturated carbocycles. The van der Waals surface area contributed by atoms with Crippen molar-refractivity contribution in [2.75, 3.05) is 13.2 Å². The zero-order valence-electron chi connectivity index (χ0n) is 8.05. The quantitative estimate of drug-likeness (QED) is 0.689. The van der Waals surface area contributed by atoms with Crippen molar-refractivity contribution in [3.05, 3.63) is 0 Å². The molecular weight excluding hydrogens is 150 g/mol. The van der Waals surface area contributed by atoms with Gasteiger partial charge in [-0.2, -0.15) is 0 Å². The summed E-state index contributed by atoms with van der Waals surface area (Å²) in [6.45, 7) is 6.54. The van der Waals surface area contributed by atoms with Gasteiger partial charge >= 0.3 is 0 Å². The molecule has 0 aromatic heterocycles. The number of hydrogen-bond donors (Lipinski definition) is 1. The fourth-order valence-corrected chi connectivity index (χ4v) is 2.35. The van der Waals surface area contributed by atoms with Crippen molar-refractivity contribution >= 4 is 0 Å². The van der Waals surface area contributed by atoms with Crippen LogP contribution in [0.4, 0.5) is 0 Å². The van der Waals surface area contributed by atoms with E-state index < -0.39 is 0 Å².